The number of hydrogen-bond acceptors (Lipinski definition) is 5. The molecule has 1 aliphatic heterocycles. The molecule has 0 saturated carbocycles. The predicted molar refractivity (Wildman–Crippen MR) is 72.4 cm³/mol. The molecule has 1 aromatic rings. The van der Waals surface area contributed by atoms with Crippen molar-refractivity contribution in [2.45, 2.75) is 24.9 Å². The van der Waals surface area contributed by atoms with Gasteiger partial charge in [0, 0.05) is 16.8 Å². The van der Waals surface area contributed by atoms with E-state index in [9.17, 15) is 14.4 Å². The number of carbonyl (C=O) groups is 2. The van der Waals surface area contributed by atoms with Gasteiger partial charge >= 0.3 is 16.9 Å². The van der Waals surface area contributed by atoms with Crippen molar-refractivity contribution in [2.75, 3.05) is 5.75 Å². The van der Waals surface area contributed by atoms with Gasteiger partial charge in [0.2, 0.25) is 0 Å². The summed E-state index contributed by atoms with van der Waals surface area (Å²) in [6, 6.07) is -1.24. The number of H-pyrrole nitrogens is 1. The number of rotatable bonds is 3. The zero-order valence-corrected chi connectivity index (χ0v) is 11.7. The van der Waals surface area contributed by atoms with Crippen LogP contribution >= 0.6 is 23.1 Å². The van der Waals surface area contributed by atoms with E-state index in [2.05, 4.69) is 10.3 Å². The quantitative estimate of drug-likeness (QED) is 0.754. The molecular formula is C10H13N3O4S2. The van der Waals surface area contributed by atoms with Crippen molar-refractivity contribution in [3.8, 4) is 0 Å². The molecule has 1 fully saturated rings. The lowest BCUT2D eigenvalue weighted by molar-refractivity contribution is -0.141. The minimum Gasteiger partial charge on any atom is -0.480 e. The van der Waals surface area contributed by atoms with Gasteiger partial charge in [0.15, 0.2) is 0 Å². The molecule has 0 aromatic carbocycles. The molecule has 1 aromatic heterocycles. The lowest BCUT2D eigenvalue weighted by atomic mass is 10.3. The third-order valence-corrected chi connectivity index (χ3v) is 4.68. The molecule has 2 atom stereocenters. The van der Waals surface area contributed by atoms with Gasteiger partial charge in [0.1, 0.15) is 6.04 Å². The molecule has 7 nitrogen and oxygen atoms in total. The zero-order chi connectivity index (χ0) is 14.0. The highest BCUT2D eigenvalue weighted by Gasteiger charge is 2.39. The minimum absolute atomic E-state index is 0.178. The Hall–Kier alpha value is -1.48. The summed E-state index contributed by atoms with van der Waals surface area (Å²) in [6.45, 7) is 1.97. The molecule has 1 aliphatic rings. The first-order valence-corrected chi connectivity index (χ1v) is 7.49. The third kappa shape index (κ3) is 3.10. The van der Waals surface area contributed by atoms with Crippen molar-refractivity contribution in [3.05, 3.63) is 20.7 Å². The normalized spacial score (nSPS) is 22.5. The molecule has 1 saturated heterocycles. The zero-order valence-electron chi connectivity index (χ0n) is 10.1. The average Bonchev–Trinajstić information content (AvgIpc) is 2.92. The van der Waals surface area contributed by atoms with Crippen LogP contribution in [0.3, 0.4) is 0 Å². The molecule has 0 bridgehead atoms. The van der Waals surface area contributed by atoms with Crippen LogP contribution in [0, 0.1) is 0 Å². The first kappa shape index (κ1) is 13.9. The molecule has 2 unspecified atom stereocenters. The second-order valence-corrected chi connectivity index (χ2v) is 6.22. The molecule has 3 N–H and O–H groups in total. The number of aromatic amines is 1. The van der Waals surface area contributed by atoms with Crippen molar-refractivity contribution >= 4 is 35.1 Å². The summed E-state index contributed by atoms with van der Waals surface area (Å²) in [4.78, 5) is 37.7. The van der Waals surface area contributed by atoms with Crippen molar-refractivity contribution in [1.82, 2.24) is 15.2 Å². The highest BCUT2D eigenvalue weighted by atomic mass is 32.2. The fraction of sp³-hybridized carbons (Fsp3) is 0.500. The number of thioether (sulfide) groups is 1. The molecule has 2 rings (SSSR count). The van der Waals surface area contributed by atoms with Crippen LogP contribution < -0.4 is 10.2 Å². The van der Waals surface area contributed by atoms with Crippen molar-refractivity contribution in [1.29, 1.82) is 0 Å². The van der Waals surface area contributed by atoms with E-state index >= 15 is 0 Å². The molecule has 2 heterocycles. The summed E-state index contributed by atoms with van der Waals surface area (Å²) < 4.78 is 0. The molecule has 19 heavy (non-hydrogen) atoms. The molecule has 9 heteroatoms. The van der Waals surface area contributed by atoms with Crippen molar-refractivity contribution in [2.24, 2.45) is 0 Å². The molecule has 2 amide bonds. The summed E-state index contributed by atoms with van der Waals surface area (Å²) in [5.74, 6) is -0.616. The SMILES string of the molecule is CC1SCC(C(=O)O)N1C(=O)NCc1csc(=O)[nH]1. The third-order valence-electron chi connectivity index (χ3n) is 2.74. The minimum atomic E-state index is -1.00. The van der Waals surface area contributed by atoms with E-state index in [0.29, 0.717) is 11.4 Å². The van der Waals surface area contributed by atoms with E-state index in [0.717, 1.165) is 11.3 Å². The van der Waals surface area contributed by atoms with Crippen molar-refractivity contribution < 1.29 is 14.7 Å². The average molecular weight is 303 g/mol. The van der Waals surface area contributed by atoms with E-state index in [4.69, 9.17) is 5.11 Å². The summed E-state index contributed by atoms with van der Waals surface area (Å²) in [5.41, 5.74) is 0.606. The Morgan fingerprint density at radius 1 is 1.63 bits per heavy atom. The highest BCUT2D eigenvalue weighted by molar-refractivity contribution is 8.00. The molecule has 0 spiro atoms. The predicted octanol–water partition coefficient (Wildman–Crippen LogP) is 0.494. The largest absolute Gasteiger partial charge is 0.480 e. The van der Waals surface area contributed by atoms with Gasteiger partial charge < -0.3 is 15.4 Å². The molecule has 0 radical (unpaired) electrons. The number of thiazole rings is 1. The maximum atomic E-state index is 12.0. The number of amides is 2. The van der Waals surface area contributed by atoms with E-state index in [1.807, 2.05) is 0 Å². The lowest BCUT2D eigenvalue weighted by Crippen LogP contribution is -2.49. The maximum absolute atomic E-state index is 12.0. The van der Waals surface area contributed by atoms with Crippen LogP contribution in [-0.4, -0.2) is 44.2 Å². The Kier molecular flexibility index (Phi) is 4.15. The Morgan fingerprint density at radius 2 is 2.37 bits per heavy atom. The molecule has 0 aliphatic carbocycles. The Labute approximate surface area is 117 Å². The van der Waals surface area contributed by atoms with Gasteiger partial charge in [-0.15, -0.1) is 11.8 Å². The number of aliphatic carboxylic acids is 1. The van der Waals surface area contributed by atoms with Crippen LogP contribution in [0.2, 0.25) is 0 Å². The Bertz CT molecular complexity index is 541. The van der Waals surface area contributed by atoms with Crippen LogP contribution in [0.5, 0.6) is 0 Å². The summed E-state index contributed by atoms with van der Waals surface area (Å²) in [5, 5.41) is 13.1. The van der Waals surface area contributed by atoms with Crippen LogP contribution in [0.1, 0.15) is 12.6 Å². The van der Waals surface area contributed by atoms with Gasteiger partial charge in [-0.2, -0.15) is 0 Å². The second kappa shape index (κ2) is 5.66. The first-order valence-electron chi connectivity index (χ1n) is 5.56. The van der Waals surface area contributed by atoms with Crippen LogP contribution in [0.4, 0.5) is 4.79 Å². The fourth-order valence-electron chi connectivity index (χ4n) is 1.80. The first-order chi connectivity index (χ1) is 8.99. The van der Waals surface area contributed by atoms with Crippen molar-refractivity contribution in [3.63, 3.8) is 0 Å². The Balaban J connectivity index is 1.98. The number of aromatic nitrogens is 1. The van der Waals surface area contributed by atoms with Crippen LogP contribution in [-0.2, 0) is 11.3 Å². The van der Waals surface area contributed by atoms with Gasteiger partial charge in [-0.3, -0.25) is 9.69 Å². The van der Waals surface area contributed by atoms with Crippen LogP contribution in [0.15, 0.2) is 10.2 Å². The van der Waals surface area contributed by atoms with E-state index < -0.39 is 18.0 Å². The number of urea groups is 1. The molecule has 104 valence electrons. The van der Waals surface area contributed by atoms with Gasteiger partial charge in [-0.1, -0.05) is 11.3 Å². The topological polar surface area (TPSA) is 102 Å². The maximum Gasteiger partial charge on any atom is 0.327 e. The summed E-state index contributed by atoms with van der Waals surface area (Å²) in [6.07, 6.45) is 0. The number of nitrogens with zero attached hydrogens (tertiary/aromatic N) is 1. The second-order valence-electron chi connectivity index (χ2n) is 4.03. The highest BCUT2D eigenvalue weighted by Crippen LogP contribution is 2.28. The van der Waals surface area contributed by atoms with E-state index in [1.54, 1.807) is 12.3 Å². The molecular weight excluding hydrogens is 290 g/mol. The summed E-state index contributed by atoms with van der Waals surface area (Å²) >= 11 is 2.44. The lowest BCUT2D eigenvalue weighted by Gasteiger charge is -2.25. The number of carboxylic acids is 1. The van der Waals surface area contributed by atoms with Gasteiger partial charge in [0.25, 0.3) is 0 Å². The summed E-state index contributed by atoms with van der Waals surface area (Å²) in [7, 11) is 0. The van der Waals surface area contributed by atoms with Gasteiger partial charge in [0.05, 0.1) is 11.9 Å². The number of carboxylic acid groups (broad SMARTS) is 1. The van der Waals surface area contributed by atoms with Crippen LogP contribution in [0.25, 0.3) is 0 Å². The fourth-order valence-corrected chi connectivity index (χ4v) is 3.55. The monoisotopic (exact) mass is 303 g/mol. The Morgan fingerprint density at radius 3 is 2.95 bits per heavy atom. The van der Waals surface area contributed by atoms with Gasteiger partial charge in [-0.05, 0) is 6.92 Å². The number of nitrogens with one attached hydrogen (secondary N) is 2. The smallest absolute Gasteiger partial charge is 0.327 e. The number of carbonyl (C=O) groups excluding carboxylic acids is 1. The van der Waals surface area contributed by atoms with Gasteiger partial charge in [-0.25, -0.2) is 9.59 Å². The van der Waals surface area contributed by atoms with E-state index in [1.165, 1.54) is 16.7 Å². The standard InChI is InChI=1S/C10H13N3O4S2/c1-5-13(7(4-18-5)8(14)15)9(16)11-2-6-3-19-10(17)12-6/h3,5,7H,2,4H2,1H3,(H,11,16)(H,12,17)(H,14,15). The van der Waals surface area contributed by atoms with E-state index in [-0.39, 0.29) is 16.8 Å². The number of hydrogen-bond donors (Lipinski definition) is 3.